The molecule has 0 saturated carbocycles. The van der Waals surface area contributed by atoms with Crippen LogP contribution in [0.3, 0.4) is 0 Å². The van der Waals surface area contributed by atoms with Crippen LogP contribution in [-0.4, -0.2) is 29.9 Å². The van der Waals surface area contributed by atoms with Crippen LogP contribution < -0.4 is 0 Å². The number of aromatic amines is 1. The summed E-state index contributed by atoms with van der Waals surface area (Å²) in [5.74, 6) is 0. The number of ether oxygens (including phenoxy) is 1. The van der Waals surface area contributed by atoms with E-state index in [2.05, 4.69) is 57.4 Å². The Kier molecular flexibility index (Phi) is 5.15. The van der Waals surface area contributed by atoms with Gasteiger partial charge in [-0.3, -0.25) is 5.10 Å². The average Bonchev–Trinajstić information content (AvgIpc) is 2.97. The molecule has 1 atom stereocenters. The summed E-state index contributed by atoms with van der Waals surface area (Å²) in [5, 5.41) is 10.1. The van der Waals surface area contributed by atoms with Gasteiger partial charge in [0.25, 0.3) is 0 Å². The number of nitrogens with zero attached hydrogens (tertiary/aromatic N) is 2. The molecule has 0 saturated heterocycles. The Bertz CT molecular complexity index is 509. The summed E-state index contributed by atoms with van der Waals surface area (Å²) < 4.78 is 5.96. The Morgan fingerprint density at radius 3 is 2.89 bits per heavy atom. The van der Waals surface area contributed by atoms with E-state index in [0.29, 0.717) is 0 Å². The second kappa shape index (κ2) is 6.46. The average molecular weight is 407 g/mol. The van der Waals surface area contributed by atoms with Crippen LogP contribution in [0.2, 0.25) is 25.7 Å². The van der Waals surface area contributed by atoms with Gasteiger partial charge in [0.1, 0.15) is 14.8 Å². The Balaban J connectivity index is 2.00. The standard InChI is InChI=1S/C12H18IN3OSSi/c1-19(2,3)7-5-17-11(13)9-8-15-16-10(9)12-14-4-6-18-12/h4,6,8,11H,5,7H2,1-3H3,(H,15,16). The maximum Gasteiger partial charge on any atom is 0.141 e. The molecule has 7 heteroatoms. The molecule has 1 unspecified atom stereocenters. The highest BCUT2D eigenvalue weighted by molar-refractivity contribution is 14.1. The van der Waals surface area contributed by atoms with Crippen molar-refractivity contribution in [2.75, 3.05) is 6.61 Å². The monoisotopic (exact) mass is 407 g/mol. The van der Waals surface area contributed by atoms with E-state index in [9.17, 15) is 0 Å². The number of H-pyrrole nitrogens is 1. The van der Waals surface area contributed by atoms with Crippen LogP contribution in [0, 0.1) is 0 Å². The van der Waals surface area contributed by atoms with Crippen molar-refractivity contribution in [3.8, 4) is 10.7 Å². The highest BCUT2D eigenvalue weighted by Crippen LogP contribution is 2.33. The van der Waals surface area contributed by atoms with E-state index in [1.807, 2.05) is 11.6 Å². The Hall–Kier alpha value is -0.253. The number of alkyl halides is 1. The quantitative estimate of drug-likeness (QED) is 0.441. The lowest BCUT2D eigenvalue weighted by molar-refractivity contribution is 0.137. The van der Waals surface area contributed by atoms with Crippen LogP contribution in [0.5, 0.6) is 0 Å². The smallest absolute Gasteiger partial charge is 0.141 e. The minimum Gasteiger partial charge on any atom is -0.363 e. The van der Waals surface area contributed by atoms with Gasteiger partial charge in [-0.25, -0.2) is 4.98 Å². The van der Waals surface area contributed by atoms with Crippen molar-refractivity contribution >= 4 is 42.0 Å². The molecule has 2 aromatic rings. The molecular formula is C12H18IN3OSSi. The largest absolute Gasteiger partial charge is 0.363 e. The first-order chi connectivity index (χ1) is 8.97. The second-order valence-corrected chi connectivity index (χ2v) is 13.2. The summed E-state index contributed by atoms with van der Waals surface area (Å²) in [5.41, 5.74) is 2.05. The third-order valence-electron chi connectivity index (χ3n) is 2.68. The number of nitrogens with one attached hydrogen (secondary N) is 1. The van der Waals surface area contributed by atoms with Crippen molar-refractivity contribution in [1.29, 1.82) is 0 Å². The number of hydrogen-bond acceptors (Lipinski definition) is 4. The highest BCUT2D eigenvalue weighted by atomic mass is 127. The first-order valence-electron chi connectivity index (χ1n) is 6.16. The zero-order chi connectivity index (χ0) is 13.9. The van der Waals surface area contributed by atoms with Crippen LogP contribution in [0.15, 0.2) is 17.8 Å². The molecule has 0 aliphatic heterocycles. The number of aromatic nitrogens is 3. The number of thiazole rings is 1. The minimum atomic E-state index is -1.04. The summed E-state index contributed by atoms with van der Waals surface area (Å²) in [6.45, 7) is 7.89. The van der Waals surface area contributed by atoms with Gasteiger partial charge in [-0.05, 0) is 28.6 Å². The highest BCUT2D eigenvalue weighted by Gasteiger charge is 2.19. The first-order valence-corrected chi connectivity index (χ1v) is 12.0. The molecule has 0 fully saturated rings. The molecule has 1 N–H and O–H groups in total. The molecule has 0 amide bonds. The molecule has 2 heterocycles. The van der Waals surface area contributed by atoms with Crippen LogP contribution in [0.25, 0.3) is 10.7 Å². The molecule has 19 heavy (non-hydrogen) atoms. The summed E-state index contributed by atoms with van der Waals surface area (Å²) in [7, 11) is -1.04. The predicted octanol–water partition coefficient (Wildman–Crippen LogP) is 4.32. The number of halogens is 1. The maximum atomic E-state index is 5.94. The van der Waals surface area contributed by atoms with Gasteiger partial charge < -0.3 is 4.74 Å². The molecule has 0 aromatic carbocycles. The van der Waals surface area contributed by atoms with E-state index in [-0.39, 0.29) is 4.11 Å². The van der Waals surface area contributed by atoms with E-state index >= 15 is 0 Å². The van der Waals surface area contributed by atoms with E-state index in [0.717, 1.165) is 22.9 Å². The molecular weight excluding hydrogens is 389 g/mol. The van der Waals surface area contributed by atoms with Gasteiger partial charge in [-0.1, -0.05) is 19.6 Å². The molecule has 0 radical (unpaired) electrons. The summed E-state index contributed by atoms with van der Waals surface area (Å²) in [4.78, 5) is 4.32. The van der Waals surface area contributed by atoms with E-state index in [4.69, 9.17) is 4.74 Å². The molecule has 4 nitrogen and oxygen atoms in total. The molecule has 0 aliphatic rings. The fraction of sp³-hybridized carbons (Fsp3) is 0.500. The summed E-state index contributed by atoms with van der Waals surface area (Å²) >= 11 is 3.92. The summed E-state index contributed by atoms with van der Waals surface area (Å²) in [6.07, 6.45) is 3.64. The van der Waals surface area contributed by atoms with Gasteiger partial charge in [0, 0.05) is 31.8 Å². The lowest BCUT2D eigenvalue weighted by atomic mass is 10.3. The van der Waals surface area contributed by atoms with Crippen molar-refractivity contribution in [3.63, 3.8) is 0 Å². The molecule has 2 aromatic heterocycles. The zero-order valence-electron chi connectivity index (χ0n) is 11.3. The van der Waals surface area contributed by atoms with Gasteiger partial charge in [0.15, 0.2) is 0 Å². The van der Waals surface area contributed by atoms with E-state index < -0.39 is 8.07 Å². The van der Waals surface area contributed by atoms with Crippen LogP contribution >= 0.6 is 33.9 Å². The Labute approximate surface area is 132 Å². The number of rotatable bonds is 6. The Morgan fingerprint density at radius 2 is 2.26 bits per heavy atom. The predicted molar refractivity (Wildman–Crippen MR) is 90.6 cm³/mol. The van der Waals surface area contributed by atoms with E-state index in [1.54, 1.807) is 17.5 Å². The second-order valence-electron chi connectivity index (χ2n) is 5.54. The van der Waals surface area contributed by atoms with Crippen molar-refractivity contribution in [1.82, 2.24) is 15.2 Å². The molecule has 0 bridgehead atoms. The normalized spacial score (nSPS) is 13.7. The third kappa shape index (κ3) is 4.37. The lowest BCUT2D eigenvalue weighted by Crippen LogP contribution is -2.21. The van der Waals surface area contributed by atoms with Crippen LogP contribution in [0.1, 0.15) is 9.67 Å². The Morgan fingerprint density at radius 1 is 1.47 bits per heavy atom. The SMILES string of the molecule is C[Si](C)(C)CCOC(I)c1cn[nH]c1-c1nccs1. The number of hydrogen-bond donors (Lipinski definition) is 1. The fourth-order valence-electron chi connectivity index (χ4n) is 1.54. The lowest BCUT2D eigenvalue weighted by Gasteiger charge is -2.17. The van der Waals surface area contributed by atoms with Gasteiger partial charge >= 0.3 is 0 Å². The maximum absolute atomic E-state index is 5.94. The molecule has 2 rings (SSSR count). The van der Waals surface area contributed by atoms with Crippen molar-refractivity contribution in [3.05, 3.63) is 23.3 Å². The first kappa shape index (κ1) is 15.1. The fourth-order valence-corrected chi connectivity index (χ4v) is 3.65. The summed E-state index contributed by atoms with van der Waals surface area (Å²) in [6, 6.07) is 1.18. The van der Waals surface area contributed by atoms with Gasteiger partial charge in [-0.2, -0.15) is 5.10 Å². The van der Waals surface area contributed by atoms with Crippen LogP contribution in [0.4, 0.5) is 0 Å². The van der Waals surface area contributed by atoms with Gasteiger partial charge in [0.2, 0.25) is 0 Å². The minimum absolute atomic E-state index is 0.0200. The third-order valence-corrected chi connectivity index (χ3v) is 6.20. The van der Waals surface area contributed by atoms with Crippen molar-refractivity contribution in [2.24, 2.45) is 0 Å². The van der Waals surface area contributed by atoms with Gasteiger partial charge in [0.05, 0.1) is 6.20 Å². The van der Waals surface area contributed by atoms with E-state index in [1.165, 1.54) is 6.04 Å². The van der Waals surface area contributed by atoms with Crippen molar-refractivity contribution < 1.29 is 4.74 Å². The topological polar surface area (TPSA) is 50.8 Å². The van der Waals surface area contributed by atoms with Crippen molar-refractivity contribution in [2.45, 2.75) is 29.8 Å². The molecule has 0 aliphatic carbocycles. The zero-order valence-corrected chi connectivity index (χ0v) is 15.3. The van der Waals surface area contributed by atoms with Gasteiger partial charge in [-0.15, -0.1) is 11.3 Å². The molecule has 0 spiro atoms. The van der Waals surface area contributed by atoms with Crippen LogP contribution in [-0.2, 0) is 4.74 Å². The molecule has 104 valence electrons.